The minimum Gasteiger partial charge on any atom is -0.495 e. The van der Waals surface area contributed by atoms with Gasteiger partial charge in [0, 0.05) is 42.7 Å². The number of rotatable bonds is 15. The summed E-state index contributed by atoms with van der Waals surface area (Å²) < 4.78 is 118. The molecule has 0 bridgehead atoms. The Morgan fingerprint density at radius 2 is 1.21 bits per heavy atom. The van der Waals surface area contributed by atoms with Crippen molar-refractivity contribution < 1.29 is 62.9 Å². The highest BCUT2D eigenvalue weighted by atomic mass is 32.2. The highest BCUT2D eigenvalue weighted by molar-refractivity contribution is 7.89. The van der Waals surface area contributed by atoms with Gasteiger partial charge < -0.3 is 29.6 Å². The summed E-state index contributed by atoms with van der Waals surface area (Å²) >= 11 is 0. The minimum absolute atomic E-state index is 0.000696. The van der Waals surface area contributed by atoms with Gasteiger partial charge in [-0.3, -0.25) is 18.7 Å². The molecule has 56 heavy (non-hydrogen) atoms. The molecule has 0 spiro atoms. The quantitative estimate of drug-likeness (QED) is 0.0755. The van der Waals surface area contributed by atoms with E-state index >= 15 is 0 Å². The highest BCUT2D eigenvalue weighted by Crippen LogP contribution is 2.30. The van der Waals surface area contributed by atoms with E-state index in [0.29, 0.717) is 19.0 Å². The number of sulfonamides is 1. The molecule has 20 heteroatoms. The number of nitrogens with one attached hydrogen (secondary N) is 2. The molecule has 0 aliphatic carbocycles. The van der Waals surface area contributed by atoms with Crippen LogP contribution in [0, 0.1) is 0 Å². The van der Waals surface area contributed by atoms with Crippen LogP contribution in [0.25, 0.3) is 12.2 Å². The van der Waals surface area contributed by atoms with Crippen molar-refractivity contribution in [1.82, 2.24) is 4.31 Å². The van der Waals surface area contributed by atoms with Gasteiger partial charge in [0.15, 0.2) is 0 Å². The van der Waals surface area contributed by atoms with Crippen LogP contribution in [0.15, 0.2) is 93.5 Å². The molecule has 0 radical (unpaired) electrons. The first-order valence-corrected chi connectivity index (χ1v) is 20.8. The van der Waals surface area contributed by atoms with Crippen LogP contribution in [-0.4, -0.2) is 104 Å². The monoisotopic (exact) mass is 831 g/mol. The molecule has 17 nitrogen and oxygen atoms in total. The van der Waals surface area contributed by atoms with E-state index in [1.165, 1.54) is 67.1 Å². The van der Waals surface area contributed by atoms with Crippen LogP contribution in [0.5, 0.6) is 11.5 Å². The molecule has 4 aromatic rings. The number of ether oxygens (including phenoxy) is 4. The number of benzene rings is 4. The fourth-order valence-corrected chi connectivity index (χ4v) is 8.43. The van der Waals surface area contributed by atoms with Crippen molar-refractivity contribution in [1.29, 1.82) is 0 Å². The summed E-state index contributed by atoms with van der Waals surface area (Å²) in [4.78, 5) is 24.6. The van der Waals surface area contributed by atoms with Crippen LogP contribution in [0.2, 0.25) is 0 Å². The van der Waals surface area contributed by atoms with Crippen molar-refractivity contribution in [2.45, 2.75) is 14.7 Å². The Morgan fingerprint density at radius 3 is 1.71 bits per heavy atom. The number of anilines is 2. The molecule has 1 fully saturated rings. The second kappa shape index (κ2) is 17.7. The molecule has 0 aromatic heterocycles. The smallest absolute Gasteiger partial charge is 0.295 e. The molecule has 0 unspecified atom stereocenters. The van der Waals surface area contributed by atoms with Gasteiger partial charge >= 0.3 is 0 Å². The van der Waals surface area contributed by atoms with E-state index in [9.17, 15) is 43.9 Å². The maximum absolute atomic E-state index is 13.4. The first-order chi connectivity index (χ1) is 26.5. The maximum atomic E-state index is 13.4. The SMILES string of the molecule is COCCOc1ccc(C(=O)Nc2ccc(/C=C/c3ccc(NC(=O)c4ccc(OC)c(S(=O)(=O)N5CCOCC5)c4)cc3S(=O)(=O)O)c(S(=O)(=O)O)c2)cc1. The molecule has 298 valence electrons. The first-order valence-electron chi connectivity index (χ1n) is 16.5. The Balaban J connectivity index is 1.37. The minimum atomic E-state index is -4.94. The lowest BCUT2D eigenvalue weighted by atomic mass is 10.1. The Bertz CT molecular complexity index is 2470. The van der Waals surface area contributed by atoms with Gasteiger partial charge in [0.1, 0.15) is 32.8 Å². The van der Waals surface area contributed by atoms with E-state index in [0.717, 1.165) is 30.4 Å². The van der Waals surface area contributed by atoms with Gasteiger partial charge in [0.25, 0.3) is 32.1 Å². The fraction of sp³-hybridized carbons (Fsp3) is 0.222. The second-order valence-electron chi connectivity index (χ2n) is 11.9. The lowest BCUT2D eigenvalue weighted by Crippen LogP contribution is -2.40. The van der Waals surface area contributed by atoms with Crippen LogP contribution in [0.4, 0.5) is 11.4 Å². The summed E-state index contributed by atoms with van der Waals surface area (Å²) in [5.74, 6) is -0.902. The molecule has 0 saturated carbocycles. The van der Waals surface area contributed by atoms with Gasteiger partial charge in [-0.2, -0.15) is 21.1 Å². The van der Waals surface area contributed by atoms with Crippen molar-refractivity contribution in [3.8, 4) is 11.5 Å². The summed E-state index contributed by atoms with van der Waals surface area (Å²) in [6, 6.07) is 17.0. The van der Waals surface area contributed by atoms with Gasteiger partial charge in [-0.15, -0.1) is 0 Å². The highest BCUT2D eigenvalue weighted by Gasteiger charge is 2.30. The van der Waals surface area contributed by atoms with E-state index in [4.69, 9.17) is 18.9 Å². The molecule has 0 atom stereocenters. The zero-order valence-electron chi connectivity index (χ0n) is 29.9. The van der Waals surface area contributed by atoms with Gasteiger partial charge in [0.05, 0.1) is 26.9 Å². The summed E-state index contributed by atoms with van der Waals surface area (Å²) in [5.41, 5.74) is -0.203. The third-order valence-corrected chi connectivity index (χ3v) is 12.0. The number of carbonyl (C=O) groups is 2. The average Bonchev–Trinajstić information content (AvgIpc) is 3.17. The molecule has 1 heterocycles. The van der Waals surface area contributed by atoms with Crippen molar-refractivity contribution in [3.63, 3.8) is 0 Å². The molecule has 1 aliphatic rings. The largest absolute Gasteiger partial charge is 0.495 e. The Labute approximate surface area is 323 Å². The summed E-state index contributed by atoms with van der Waals surface area (Å²) in [6.07, 6.45) is 2.31. The van der Waals surface area contributed by atoms with Gasteiger partial charge in [0.2, 0.25) is 10.0 Å². The normalized spacial score (nSPS) is 14.0. The van der Waals surface area contributed by atoms with Gasteiger partial charge in [-0.1, -0.05) is 24.3 Å². The van der Waals surface area contributed by atoms with Crippen molar-refractivity contribution in [2.24, 2.45) is 0 Å². The maximum Gasteiger partial charge on any atom is 0.295 e. The Kier molecular flexibility index (Phi) is 13.3. The van der Waals surface area contributed by atoms with E-state index < -0.39 is 51.9 Å². The van der Waals surface area contributed by atoms with Crippen LogP contribution in [0.3, 0.4) is 0 Å². The molecular weight excluding hydrogens is 795 g/mol. The molecule has 4 aromatic carbocycles. The molecule has 1 aliphatic heterocycles. The molecule has 4 N–H and O–H groups in total. The van der Waals surface area contributed by atoms with Crippen LogP contribution < -0.4 is 20.1 Å². The van der Waals surface area contributed by atoms with Crippen molar-refractivity contribution >= 4 is 65.6 Å². The molecule has 5 rings (SSSR count). The Morgan fingerprint density at radius 1 is 0.696 bits per heavy atom. The third-order valence-electron chi connectivity index (χ3n) is 8.23. The first kappa shape index (κ1) is 42.0. The van der Waals surface area contributed by atoms with Crippen LogP contribution in [0.1, 0.15) is 31.8 Å². The Hall–Kier alpha value is -5.19. The molecular formula is C36H37N3O14S3. The van der Waals surface area contributed by atoms with Crippen LogP contribution >= 0.6 is 0 Å². The number of methoxy groups -OCH3 is 2. The predicted octanol–water partition coefficient (Wildman–Crippen LogP) is 3.91. The number of carbonyl (C=O) groups excluding carboxylic acids is 2. The topological polar surface area (TPSA) is 241 Å². The van der Waals surface area contributed by atoms with E-state index in [1.54, 1.807) is 12.1 Å². The number of amides is 2. The summed E-state index contributed by atoms with van der Waals surface area (Å²) in [6.45, 7) is 1.28. The number of hydrogen-bond acceptors (Lipinski definition) is 12. The lowest BCUT2D eigenvalue weighted by molar-refractivity contribution is 0.0729. The fourth-order valence-electron chi connectivity index (χ4n) is 5.42. The molecule has 2 amide bonds. The zero-order valence-corrected chi connectivity index (χ0v) is 32.3. The predicted molar refractivity (Wildman–Crippen MR) is 204 cm³/mol. The number of hydrogen-bond donors (Lipinski definition) is 4. The average molecular weight is 832 g/mol. The third kappa shape index (κ3) is 10.4. The number of morpholine rings is 1. The van der Waals surface area contributed by atoms with E-state index in [1.807, 2.05) is 0 Å². The second-order valence-corrected chi connectivity index (χ2v) is 16.6. The van der Waals surface area contributed by atoms with E-state index in [-0.39, 0.29) is 70.6 Å². The number of nitrogens with zero attached hydrogens (tertiary/aromatic N) is 1. The van der Waals surface area contributed by atoms with Gasteiger partial charge in [-0.05, 0) is 77.9 Å². The van der Waals surface area contributed by atoms with Crippen molar-refractivity contribution in [2.75, 3.05) is 64.4 Å². The van der Waals surface area contributed by atoms with Crippen molar-refractivity contribution in [3.05, 3.63) is 101 Å². The summed E-state index contributed by atoms with van der Waals surface area (Å²) in [5, 5.41) is 5.03. The summed E-state index contributed by atoms with van der Waals surface area (Å²) in [7, 11) is -11.1. The standard InChI is InChI=1S/C36H37N3O14S3/c1-50-19-20-53-30-12-7-26(8-13-30)35(40)37-28-10-5-24(32(22-28)55(44,45)46)3-4-25-6-11-29(23-33(25)56(47,48)49)38-36(41)27-9-14-31(51-2)34(21-27)54(42,43)39-15-17-52-18-16-39/h3-14,21-23H,15-20H2,1-2H3,(H,37,40)(H,38,41)(H,44,45,46)(H,47,48,49)/b4-3+. The van der Waals surface area contributed by atoms with Crippen LogP contribution in [-0.2, 0) is 39.7 Å². The lowest BCUT2D eigenvalue weighted by Gasteiger charge is -2.26. The molecule has 1 saturated heterocycles. The van der Waals surface area contributed by atoms with E-state index in [2.05, 4.69) is 10.6 Å². The van der Waals surface area contributed by atoms with Gasteiger partial charge in [-0.25, -0.2) is 8.42 Å². The zero-order chi connectivity index (χ0) is 40.7.